The molecule has 0 atom stereocenters. The second kappa shape index (κ2) is 5.92. The Morgan fingerprint density at radius 3 is 2.88 bits per heavy atom. The van der Waals surface area contributed by atoms with Crippen molar-refractivity contribution in [3.63, 3.8) is 0 Å². The Kier molecular flexibility index (Phi) is 3.96. The minimum Gasteiger partial charge on any atom is -0.492 e. The Labute approximate surface area is 94.2 Å². The molecule has 0 saturated carbocycles. The molecule has 0 aliphatic heterocycles. The van der Waals surface area contributed by atoms with Crippen molar-refractivity contribution in [2.24, 2.45) is 0 Å². The molecular weight excluding hydrogens is 204 g/mol. The SMILES string of the molecule is c1ccc(OCCNCc2cnoc2)cc1. The summed E-state index contributed by atoms with van der Waals surface area (Å²) in [5, 5.41) is 6.86. The van der Waals surface area contributed by atoms with E-state index in [1.165, 1.54) is 0 Å². The van der Waals surface area contributed by atoms with Crippen molar-refractivity contribution in [1.29, 1.82) is 0 Å². The van der Waals surface area contributed by atoms with E-state index in [-0.39, 0.29) is 0 Å². The minimum absolute atomic E-state index is 0.648. The summed E-state index contributed by atoms with van der Waals surface area (Å²) in [6, 6.07) is 9.77. The van der Waals surface area contributed by atoms with E-state index in [1.54, 1.807) is 12.5 Å². The third-order valence-electron chi connectivity index (χ3n) is 2.10. The molecule has 0 aliphatic rings. The zero-order valence-corrected chi connectivity index (χ0v) is 8.93. The first-order valence-electron chi connectivity index (χ1n) is 5.22. The third kappa shape index (κ3) is 3.40. The lowest BCUT2D eigenvalue weighted by Gasteiger charge is -2.06. The summed E-state index contributed by atoms with van der Waals surface area (Å²) in [5.74, 6) is 0.897. The van der Waals surface area contributed by atoms with Gasteiger partial charge in [0.15, 0.2) is 0 Å². The first-order chi connectivity index (χ1) is 7.95. The van der Waals surface area contributed by atoms with Gasteiger partial charge in [-0.3, -0.25) is 0 Å². The molecule has 4 nitrogen and oxygen atoms in total. The highest BCUT2D eigenvalue weighted by molar-refractivity contribution is 5.20. The van der Waals surface area contributed by atoms with E-state index >= 15 is 0 Å². The number of benzene rings is 1. The Balaban J connectivity index is 1.59. The van der Waals surface area contributed by atoms with E-state index < -0.39 is 0 Å². The Bertz CT molecular complexity index is 387. The lowest BCUT2D eigenvalue weighted by molar-refractivity contribution is 0.313. The average Bonchev–Trinajstić information content (AvgIpc) is 2.83. The summed E-state index contributed by atoms with van der Waals surface area (Å²) >= 11 is 0. The summed E-state index contributed by atoms with van der Waals surface area (Å²) < 4.78 is 10.2. The van der Waals surface area contributed by atoms with Crippen LogP contribution in [0, 0.1) is 0 Å². The summed E-state index contributed by atoms with van der Waals surface area (Å²) in [5.41, 5.74) is 1.04. The Hall–Kier alpha value is -1.81. The monoisotopic (exact) mass is 218 g/mol. The maximum Gasteiger partial charge on any atom is 0.128 e. The van der Waals surface area contributed by atoms with Gasteiger partial charge in [-0.15, -0.1) is 0 Å². The standard InChI is InChI=1S/C12H14N2O2/c1-2-4-12(5-3-1)15-7-6-13-8-11-9-14-16-10-11/h1-5,9-10,13H,6-8H2. The number of nitrogens with zero attached hydrogens (tertiary/aromatic N) is 1. The molecule has 1 heterocycles. The molecule has 0 radical (unpaired) electrons. The lowest BCUT2D eigenvalue weighted by Crippen LogP contribution is -2.20. The molecule has 0 fully saturated rings. The number of hydrogen-bond donors (Lipinski definition) is 1. The zero-order valence-electron chi connectivity index (χ0n) is 8.93. The topological polar surface area (TPSA) is 47.3 Å². The molecule has 0 aliphatic carbocycles. The summed E-state index contributed by atoms with van der Waals surface area (Å²) in [6.07, 6.45) is 3.33. The van der Waals surface area contributed by atoms with Gasteiger partial charge in [-0.2, -0.15) is 0 Å². The van der Waals surface area contributed by atoms with Crippen LogP contribution in [0.4, 0.5) is 0 Å². The van der Waals surface area contributed by atoms with E-state index in [1.807, 2.05) is 30.3 Å². The smallest absolute Gasteiger partial charge is 0.128 e. The molecule has 0 saturated heterocycles. The van der Waals surface area contributed by atoms with Gasteiger partial charge in [0.1, 0.15) is 18.6 Å². The van der Waals surface area contributed by atoms with Crippen molar-refractivity contribution in [1.82, 2.24) is 10.5 Å². The fourth-order valence-electron chi connectivity index (χ4n) is 1.30. The van der Waals surface area contributed by atoms with Gasteiger partial charge in [0.25, 0.3) is 0 Å². The van der Waals surface area contributed by atoms with Gasteiger partial charge >= 0.3 is 0 Å². The number of hydrogen-bond acceptors (Lipinski definition) is 4. The van der Waals surface area contributed by atoms with E-state index in [4.69, 9.17) is 9.26 Å². The zero-order chi connectivity index (χ0) is 11.1. The number of nitrogens with one attached hydrogen (secondary N) is 1. The van der Waals surface area contributed by atoms with Gasteiger partial charge in [0, 0.05) is 18.7 Å². The van der Waals surface area contributed by atoms with Crippen LogP contribution in [-0.4, -0.2) is 18.3 Å². The molecule has 16 heavy (non-hydrogen) atoms. The molecule has 1 aromatic heterocycles. The molecule has 1 N–H and O–H groups in total. The maximum atomic E-state index is 5.52. The fourth-order valence-corrected chi connectivity index (χ4v) is 1.30. The van der Waals surface area contributed by atoms with E-state index in [0.29, 0.717) is 6.61 Å². The summed E-state index contributed by atoms with van der Waals surface area (Å²) in [4.78, 5) is 0. The van der Waals surface area contributed by atoms with Crippen LogP contribution in [0.2, 0.25) is 0 Å². The molecular formula is C12H14N2O2. The van der Waals surface area contributed by atoms with Crippen LogP contribution in [-0.2, 0) is 6.54 Å². The average molecular weight is 218 g/mol. The van der Waals surface area contributed by atoms with Crippen molar-refractivity contribution in [3.8, 4) is 5.75 Å². The van der Waals surface area contributed by atoms with Crippen LogP contribution in [0.3, 0.4) is 0 Å². The van der Waals surface area contributed by atoms with Gasteiger partial charge in [-0.25, -0.2) is 0 Å². The highest BCUT2D eigenvalue weighted by Crippen LogP contribution is 2.07. The van der Waals surface area contributed by atoms with Crippen molar-refractivity contribution in [2.45, 2.75) is 6.54 Å². The molecule has 0 amide bonds. The van der Waals surface area contributed by atoms with Gasteiger partial charge in [-0.1, -0.05) is 23.4 Å². The second-order valence-corrected chi connectivity index (χ2v) is 3.37. The quantitative estimate of drug-likeness (QED) is 0.751. The first kappa shape index (κ1) is 10.7. The van der Waals surface area contributed by atoms with Crippen LogP contribution < -0.4 is 10.1 Å². The van der Waals surface area contributed by atoms with Crippen molar-refractivity contribution < 1.29 is 9.26 Å². The van der Waals surface area contributed by atoms with Crippen LogP contribution in [0.1, 0.15) is 5.56 Å². The van der Waals surface area contributed by atoms with Gasteiger partial charge in [0.05, 0.1) is 6.20 Å². The molecule has 2 aromatic rings. The van der Waals surface area contributed by atoms with E-state index in [9.17, 15) is 0 Å². The van der Waals surface area contributed by atoms with Gasteiger partial charge in [0.2, 0.25) is 0 Å². The fraction of sp³-hybridized carbons (Fsp3) is 0.250. The Morgan fingerprint density at radius 1 is 1.25 bits per heavy atom. The molecule has 0 spiro atoms. The van der Waals surface area contributed by atoms with Crippen LogP contribution in [0.15, 0.2) is 47.3 Å². The van der Waals surface area contributed by atoms with Crippen molar-refractivity contribution in [3.05, 3.63) is 48.4 Å². The van der Waals surface area contributed by atoms with Crippen molar-refractivity contribution in [2.75, 3.05) is 13.2 Å². The number of aromatic nitrogens is 1. The van der Waals surface area contributed by atoms with Gasteiger partial charge < -0.3 is 14.6 Å². The molecule has 1 aromatic carbocycles. The van der Waals surface area contributed by atoms with Crippen LogP contribution in [0.25, 0.3) is 0 Å². The summed E-state index contributed by atoms with van der Waals surface area (Å²) in [6.45, 7) is 2.19. The lowest BCUT2D eigenvalue weighted by atomic mass is 10.3. The predicted octanol–water partition coefficient (Wildman–Crippen LogP) is 1.84. The van der Waals surface area contributed by atoms with E-state index in [0.717, 1.165) is 24.4 Å². The molecule has 0 unspecified atom stereocenters. The number of para-hydroxylation sites is 1. The normalized spacial score (nSPS) is 10.2. The highest BCUT2D eigenvalue weighted by Gasteiger charge is 1.95. The highest BCUT2D eigenvalue weighted by atomic mass is 16.5. The molecule has 2 rings (SSSR count). The molecule has 0 bridgehead atoms. The van der Waals surface area contributed by atoms with E-state index in [2.05, 4.69) is 10.5 Å². The molecule has 84 valence electrons. The maximum absolute atomic E-state index is 5.52. The number of ether oxygens (including phenoxy) is 1. The largest absolute Gasteiger partial charge is 0.492 e. The summed E-state index contributed by atoms with van der Waals surface area (Å²) in [7, 11) is 0. The first-order valence-corrected chi connectivity index (χ1v) is 5.22. The molecule has 4 heteroatoms. The third-order valence-corrected chi connectivity index (χ3v) is 2.10. The van der Waals surface area contributed by atoms with Gasteiger partial charge in [-0.05, 0) is 12.1 Å². The predicted molar refractivity (Wildman–Crippen MR) is 60.1 cm³/mol. The second-order valence-electron chi connectivity index (χ2n) is 3.37. The van der Waals surface area contributed by atoms with Crippen LogP contribution >= 0.6 is 0 Å². The van der Waals surface area contributed by atoms with Crippen molar-refractivity contribution >= 4 is 0 Å². The van der Waals surface area contributed by atoms with Crippen LogP contribution in [0.5, 0.6) is 5.75 Å². The Morgan fingerprint density at radius 2 is 2.12 bits per heavy atom. The number of rotatable bonds is 6. The minimum atomic E-state index is 0.648.